The number of nitrogens with one attached hydrogen (secondary N) is 1. The molecule has 1 aliphatic heterocycles. The summed E-state index contributed by atoms with van der Waals surface area (Å²) in [7, 11) is -2.30. The summed E-state index contributed by atoms with van der Waals surface area (Å²) < 4.78 is 36.1. The molecule has 106 valence electrons. The lowest BCUT2D eigenvalue weighted by molar-refractivity contribution is 0.0282. The first kappa shape index (κ1) is 14.0. The lowest BCUT2D eigenvalue weighted by Gasteiger charge is -2.25. The molecule has 0 radical (unpaired) electrons. The molecular formula is C11H16N2O5S. The number of aryl methyl sites for hydroxylation is 1. The summed E-state index contributed by atoms with van der Waals surface area (Å²) in [6, 6.07) is 1.26. The lowest BCUT2D eigenvalue weighted by atomic mass is 10.3. The number of carbonyl (C=O) groups excluding carboxylic acids is 1. The highest BCUT2D eigenvalue weighted by atomic mass is 32.2. The van der Waals surface area contributed by atoms with Crippen molar-refractivity contribution in [3.63, 3.8) is 0 Å². The van der Waals surface area contributed by atoms with Crippen LogP contribution in [0, 0.1) is 6.92 Å². The van der Waals surface area contributed by atoms with Gasteiger partial charge in [-0.3, -0.25) is 4.79 Å². The van der Waals surface area contributed by atoms with Gasteiger partial charge in [0.15, 0.2) is 5.76 Å². The Labute approximate surface area is 111 Å². The molecule has 0 atom stereocenters. The fraction of sp³-hybridized carbons (Fsp3) is 0.545. The molecule has 1 aliphatic rings. The van der Waals surface area contributed by atoms with Gasteiger partial charge in [-0.25, -0.2) is 13.1 Å². The van der Waals surface area contributed by atoms with Gasteiger partial charge in [-0.2, -0.15) is 0 Å². The van der Waals surface area contributed by atoms with E-state index >= 15 is 0 Å². The number of sulfonamides is 1. The molecule has 19 heavy (non-hydrogen) atoms. The topological polar surface area (TPSA) is 88.9 Å². The monoisotopic (exact) mass is 288 g/mol. The van der Waals surface area contributed by atoms with E-state index in [-0.39, 0.29) is 22.3 Å². The van der Waals surface area contributed by atoms with Gasteiger partial charge in [0.2, 0.25) is 10.0 Å². The van der Waals surface area contributed by atoms with E-state index in [2.05, 4.69) is 4.72 Å². The van der Waals surface area contributed by atoms with Crippen molar-refractivity contribution < 1.29 is 22.4 Å². The van der Waals surface area contributed by atoms with Crippen LogP contribution in [-0.2, 0) is 14.8 Å². The number of amides is 1. The zero-order valence-corrected chi connectivity index (χ0v) is 11.6. The van der Waals surface area contributed by atoms with Crippen molar-refractivity contribution in [1.82, 2.24) is 9.62 Å². The molecule has 0 aliphatic carbocycles. The number of morpholine rings is 1. The first-order valence-corrected chi connectivity index (χ1v) is 7.35. The zero-order chi connectivity index (χ0) is 14.0. The molecule has 8 heteroatoms. The Bertz CT molecular complexity index is 572. The molecule has 1 fully saturated rings. The molecule has 0 saturated carbocycles. The summed E-state index contributed by atoms with van der Waals surface area (Å²) in [6.07, 6.45) is 0. The van der Waals surface area contributed by atoms with Crippen molar-refractivity contribution in [3.05, 3.63) is 17.6 Å². The molecule has 7 nitrogen and oxygen atoms in total. The van der Waals surface area contributed by atoms with Gasteiger partial charge in [-0.1, -0.05) is 0 Å². The van der Waals surface area contributed by atoms with E-state index in [0.717, 1.165) is 0 Å². The van der Waals surface area contributed by atoms with Gasteiger partial charge in [-0.05, 0) is 14.0 Å². The summed E-state index contributed by atoms with van der Waals surface area (Å²) in [6.45, 7) is 3.43. The smallest absolute Gasteiger partial charge is 0.289 e. The fourth-order valence-electron chi connectivity index (χ4n) is 1.87. The van der Waals surface area contributed by atoms with Gasteiger partial charge in [-0.15, -0.1) is 0 Å². The Morgan fingerprint density at radius 2 is 2.00 bits per heavy atom. The summed E-state index contributed by atoms with van der Waals surface area (Å²) in [5.74, 6) is -0.0804. The van der Waals surface area contributed by atoms with E-state index in [1.54, 1.807) is 4.90 Å². The lowest BCUT2D eigenvalue weighted by Crippen LogP contribution is -2.40. The molecule has 1 aromatic heterocycles. The number of nitrogens with zero attached hydrogens (tertiary/aromatic N) is 1. The van der Waals surface area contributed by atoms with Gasteiger partial charge < -0.3 is 14.1 Å². The normalized spacial score (nSPS) is 16.6. The highest BCUT2D eigenvalue weighted by molar-refractivity contribution is 7.89. The maximum Gasteiger partial charge on any atom is 0.289 e. The minimum absolute atomic E-state index is 0.00777. The molecular weight excluding hydrogens is 272 g/mol. The predicted octanol–water partition coefficient (Wildman–Crippen LogP) is -0.0315. The van der Waals surface area contributed by atoms with Gasteiger partial charge in [0.05, 0.1) is 13.2 Å². The quantitative estimate of drug-likeness (QED) is 0.843. The van der Waals surface area contributed by atoms with Crippen LogP contribution in [0.3, 0.4) is 0 Å². The fourth-order valence-corrected chi connectivity index (χ4v) is 2.77. The summed E-state index contributed by atoms with van der Waals surface area (Å²) in [5, 5.41) is 0. The third kappa shape index (κ3) is 2.80. The average molecular weight is 288 g/mol. The standard InChI is InChI=1S/C11H16N2O5S/c1-8-10(19(15,16)12-2)7-9(18-8)11(14)13-3-5-17-6-4-13/h7,12H,3-6H2,1-2H3. The molecule has 2 rings (SSSR count). The summed E-state index contributed by atoms with van der Waals surface area (Å²) in [5.41, 5.74) is 0. The van der Waals surface area contributed by atoms with E-state index in [1.807, 2.05) is 0 Å². The van der Waals surface area contributed by atoms with Gasteiger partial charge >= 0.3 is 0 Å². The van der Waals surface area contributed by atoms with Crippen LogP contribution in [-0.4, -0.2) is 52.6 Å². The summed E-state index contributed by atoms with van der Waals surface area (Å²) in [4.78, 5) is 13.7. The van der Waals surface area contributed by atoms with Crippen molar-refractivity contribution in [2.75, 3.05) is 33.4 Å². The Morgan fingerprint density at radius 1 is 1.37 bits per heavy atom. The molecule has 0 bridgehead atoms. The largest absolute Gasteiger partial charge is 0.455 e. The van der Waals surface area contributed by atoms with Crippen molar-refractivity contribution in [3.8, 4) is 0 Å². The van der Waals surface area contributed by atoms with Crippen molar-refractivity contribution >= 4 is 15.9 Å². The van der Waals surface area contributed by atoms with E-state index in [4.69, 9.17) is 9.15 Å². The average Bonchev–Trinajstić information content (AvgIpc) is 2.82. The Morgan fingerprint density at radius 3 is 2.58 bits per heavy atom. The SMILES string of the molecule is CNS(=O)(=O)c1cc(C(=O)N2CCOCC2)oc1C. The second-order valence-corrected chi connectivity index (χ2v) is 6.00. The van der Waals surface area contributed by atoms with Crippen molar-refractivity contribution in [2.45, 2.75) is 11.8 Å². The molecule has 2 heterocycles. The number of rotatable bonds is 3. The Kier molecular flexibility index (Phi) is 3.93. The maximum atomic E-state index is 12.1. The highest BCUT2D eigenvalue weighted by Gasteiger charge is 2.26. The molecule has 1 aromatic rings. The van der Waals surface area contributed by atoms with Crippen LogP contribution in [0.25, 0.3) is 0 Å². The van der Waals surface area contributed by atoms with Crippen LogP contribution in [0.1, 0.15) is 16.3 Å². The van der Waals surface area contributed by atoms with Gasteiger partial charge in [0, 0.05) is 19.2 Å². The molecule has 1 amide bonds. The Hall–Kier alpha value is -1.38. The first-order chi connectivity index (χ1) is 8.95. The number of furan rings is 1. The molecule has 0 spiro atoms. The van der Waals surface area contributed by atoms with E-state index in [0.29, 0.717) is 26.3 Å². The summed E-state index contributed by atoms with van der Waals surface area (Å²) >= 11 is 0. The predicted molar refractivity (Wildman–Crippen MR) is 66.4 cm³/mol. The molecule has 0 unspecified atom stereocenters. The van der Waals surface area contributed by atoms with Crippen molar-refractivity contribution in [1.29, 1.82) is 0 Å². The van der Waals surface area contributed by atoms with E-state index in [9.17, 15) is 13.2 Å². The molecule has 1 saturated heterocycles. The minimum atomic E-state index is -3.61. The second-order valence-electron chi connectivity index (χ2n) is 4.14. The third-order valence-electron chi connectivity index (χ3n) is 2.94. The number of hydrogen-bond donors (Lipinski definition) is 1. The van der Waals surface area contributed by atoms with Crippen LogP contribution in [0.15, 0.2) is 15.4 Å². The van der Waals surface area contributed by atoms with Crippen LogP contribution < -0.4 is 4.72 Å². The highest BCUT2D eigenvalue weighted by Crippen LogP contribution is 2.21. The van der Waals surface area contributed by atoms with Gasteiger partial charge in [0.25, 0.3) is 5.91 Å². The van der Waals surface area contributed by atoms with Crippen LogP contribution in [0.4, 0.5) is 0 Å². The minimum Gasteiger partial charge on any atom is -0.455 e. The van der Waals surface area contributed by atoms with Crippen LogP contribution in [0.5, 0.6) is 0 Å². The first-order valence-electron chi connectivity index (χ1n) is 5.86. The Balaban J connectivity index is 2.27. The molecule has 0 aromatic carbocycles. The number of ether oxygens (including phenoxy) is 1. The van der Waals surface area contributed by atoms with Crippen LogP contribution >= 0.6 is 0 Å². The maximum absolute atomic E-state index is 12.1. The molecule has 1 N–H and O–H groups in total. The van der Waals surface area contributed by atoms with Crippen LogP contribution in [0.2, 0.25) is 0 Å². The number of hydrogen-bond acceptors (Lipinski definition) is 5. The van der Waals surface area contributed by atoms with E-state index in [1.165, 1.54) is 20.0 Å². The van der Waals surface area contributed by atoms with Gasteiger partial charge in [0.1, 0.15) is 10.7 Å². The van der Waals surface area contributed by atoms with Crippen molar-refractivity contribution in [2.24, 2.45) is 0 Å². The zero-order valence-electron chi connectivity index (χ0n) is 10.8. The third-order valence-corrected chi connectivity index (χ3v) is 4.46. The van der Waals surface area contributed by atoms with E-state index < -0.39 is 10.0 Å². The number of carbonyl (C=O) groups is 1. The second kappa shape index (κ2) is 5.32.